The van der Waals surface area contributed by atoms with Gasteiger partial charge in [0.05, 0.1) is 5.41 Å². The second kappa shape index (κ2) is 7.22. The van der Waals surface area contributed by atoms with E-state index in [0.717, 1.165) is 38.3 Å². The molecule has 0 radical (unpaired) electrons. The number of rotatable bonds is 6. The topological polar surface area (TPSA) is 71.3 Å². The molecule has 1 fully saturated rings. The third kappa shape index (κ3) is 4.06. The Balaban J connectivity index is 1.81. The van der Waals surface area contributed by atoms with E-state index in [1.807, 2.05) is 13.8 Å². The Bertz CT molecular complexity index is 500. The van der Waals surface area contributed by atoms with Gasteiger partial charge in [0.2, 0.25) is 11.8 Å². The number of amides is 1. The summed E-state index contributed by atoms with van der Waals surface area (Å²) in [6.07, 6.45) is 2.62. The summed E-state index contributed by atoms with van der Waals surface area (Å²) < 4.78 is 5.19. The first kappa shape index (κ1) is 16.9. The fourth-order valence-corrected chi connectivity index (χ4v) is 2.90. The van der Waals surface area contributed by atoms with Gasteiger partial charge in [-0.1, -0.05) is 25.9 Å². The molecule has 2 heterocycles. The first-order chi connectivity index (χ1) is 10.4. The van der Waals surface area contributed by atoms with E-state index in [4.69, 9.17) is 4.52 Å². The van der Waals surface area contributed by atoms with Gasteiger partial charge in [-0.05, 0) is 32.9 Å². The number of hydrogen-bond donors (Lipinski definition) is 1. The summed E-state index contributed by atoms with van der Waals surface area (Å²) in [5, 5.41) is 6.96. The predicted molar refractivity (Wildman–Crippen MR) is 84.6 cm³/mol. The third-order valence-corrected chi connectivity index (χ3v) is 4.40. The molecule has 2 rings (SSSR count). The molecule has 0 saturated carbocycles. The molecule has 0 aliphatic carbocycles. The lowest BCUT2D eigenvalue weighted by Crippen LogP contribution is -2.50. The van der Waals surface area contributed by atoms with Crippen molar-refractivity contribution in [2.24, 2.45) is 5.41 Å². The molecule has 22 heavy (non-hydrogen) atoms. The summed E-state index contributed by atoms with van der Waals surface area (Å²) in [6.45, 7) is 11.7. The van der Waals surface area contributed by atoms with E-state index in [2.05, 4.69) is 34.2 Å². The van der Waals surface area contributed by atoms with Gasteiger partial charge >= 0.3 is 0 Å². The second-order valence-corrected chi connectivity index (χ2v) is 6.74. The molecule has 1 aromatic rings. The van der Waals surface area contributed by atoms with Crippen LogP contribution in [0.15, 0.2) is 4.52 Å². The zero-order valence-corrected chi connectivity index (χ0v) is 14.2. The molecular weight excluding hydrogens is 280 g/mol. The summed E-state index contributed by atoms with van der Waals surface area (Å²) in [4.78, 5) is 19.1. The van der Waals surface area contributed by atoms with Crippen LogP contribution in [0.5, 0.6) is 0 Å². The van der Waals surface area contributed by atoms with Crippen LogP contribution < -0.4 is 5.32 Å². The molecule has 1 atom stereocenters. The molecule has 1 aromatic heterocycles. The highest BCUT2D eigenvalue weighted by atomic mass is 16.5. The molecule has 0 spiro atoms. The summed E-state index contributed by atoms with van der Waals surface area (Å²) in [5.74, 6) is 1.70. The first-order valence-corrected chi connectivity index (χ1v) is 8.28. The quantitative estimate of drug-likeness (QED) is 0.870. The van der Waals surface area contributed by atoms with Crippen molar-refractivity contribution in [3.63, 3.8) is 0 Å². The Kier molecular flexibility index (Phi) is 5.56. The van der Waals surface area contributed by atoms with Crippen LogP contribution in [0.4, 0.5) is 0 Å². The van der Waals surface area contributed by atoms with Crippen LogP contribution in [0.25, 0.3) is 0 Å². The molecule has 0 aromatic carbocycles. The maximum atomic E-state index is 12.5. The van der Waals surface area contributed by atoms with E-state index in [9.17, 15) is 4.79 Å². The van der Waals surface area contributed by atoms with Crippen molar-refractivity contribution in [1.29, 1.82) is 0 Å². The average molecular weight is 308 g/mol. The molecule has 0 bridgehead atoms. The van der Waals surface area contributed by atoms with Gasteiger partial charge in [0.1, 0.15) is 0 Å². The van der Waals surface area contributed by atoms with Crippen LogP contribution in [0, 0.1) is 5.41 Å². The van der Waals surface area contributed by atoms with Crippen LogP contribution in [-0.4, -0.2) is 47.1 Å². The predicted octanol–water partition coefficient (Wildman–Crippen LogP) is 1.97. The molecule has 1 amide bonds. The number of hydrogen-bond acceptors (Lipinski definition) is 5. The number of nitrogens with zero attached hydrogens (tertiary/aromatic N) is 3. The number of nitrogens with one attached hydrogen (secondary N) is 1. The van der Waals surface area contributed by atoms with Gasteiger partial charge in [-0.2, -0.15) is 4.98 Å². The second-order valence-electron chi connectivity index (χ2n) is 6.74. The van der Waals surface area contributed by atoms with Gasteiger partial charge in [-0.3, -0.25) is 4.79 Å². The maximum absolute atomic E-state index is 12.5. The largest absolute Gasteiger partial charge is 0.355 e. The maximum Gasteiger partial charge on any atom is 0.228 e. The lowest BCUT2D eigenvalue weighted by molar-refractivity contribution is -0.133. The normalized spacial score (nSPS) is 23.0. The van der Waals surface area contributed by atoms with E-state index in [-0.39, 0.29) is 17.2 Å². The van der Waals surface area contributed by atoms with Crippen molar-refractivity contribution in [3.8, 4) is 0 Å². The summed E-state index contributed by atoms with van der Waals surface area (Å²) >= 11 is 0. The van der Waals surface area contributed by atoms with Crippen molar-refractivity contribution in [1.82, 2.24) is 20.4 Å². The number of carbonyl (C=O) groups excluding carboxylic acids is 1. The van der Waals surface area contributed by atoms with Gasteiger partial charge in [-0.25, -0.2) is 0 Å². The lowest BCUT2D eigenvalue weighted by Gasteiger charge is -2.38. The number of aromatic nitrogens is 2. The Morgan fingerprint density at radius 3 is 2.91 bits per heavy atom. The van der Waals surface area contributed by atoms with Crippen LogP contribution in [0.1, 0.15) is 58.2 Å². The van der Waals surface area contributed by atoms with Crippen molar-refractivity contribution >= 4 is 5.91 Å². The smallest absolute Gasteiger partial charge is 0.228 e. The van der Waals surface area contributed by atoms with Crippen molar-refractivity contribution in [2.45, 2.75) is 52.9 Å². The van der Waals surface area contributed by atoms with Gasteiger partial charge in [-0.15, -0.1) is 0 Å². The Labute approximate surface area is 132 Å². The molecule has 124 valence electrons. The highest BCUT2D eigenvalue weighted by Crippen LogP contribution is 2.29. The average Bonchev–Trinajstić information content (AvgIpc) is 2.96. The zero-order valence-electron chi connectivity index (χ0n) is 14.2. The van der Waals surface area contributed by atoms with Gasteiger partial charge in [0, 0.05) is 25.4 Å². The Morgan fingerprint density at radius 1 is 1.50 bits per heavy atom. The summed E-state index contributed by atoms with van der Waals surface area (Å²) in [6, 6.07) is 0. The highest BCUT2D eigenvalue weighted by Gasteiger charge is 2.37. The molecule has 1 saturated heterocycles. The van der Waals surface area contributed by atoms with Gasteiger partial charge in [0.25, 0.3) is 0 Å². The number of carbonyl (C=O) groups is 1. The van der Waals surface area contributed by atoms with Crippen molar-refractivity contribution in [3.05, 3.63) is 11.7 Å². The molecule has 1 unspecified atom stereocenters. The van der Waals surface area contributed by atoms with Crippen molar-refractivity contribution in [2.75, 3.05) is 26.2 Å². The summed E-state index contributed by atoms with van der Waals surface area (Å²) in [7, 11) is 0. The summed E-state index contributed by atoms with van der Waals surface area (Å²) in [5.41, 5.74) is -0.286. The molecule has 6 nitrogen and oxygen atoms in total. The Morgan fingerprint density at radius 2 is 2.27 bits per heavy atom. The third-order valence-electron chi connectivity index (χ3n) is 4.40. The van der Waals surface area contributed by atoms with Gasteiger partial charge < -0.3 is 14.7 Å². The molecule has 6 heteroatoms. The van der Waals surface area contributed by atoms with Crippen LogP contribution in [-0.2, 0) is 11.2 Å². The van der Waals surface area contributed by atoms with Crippen molar-refractivity contribution < 1.29 is 9.32 Å². The minimum atomic E-state index is -0.286. The first-order valence-electron chi connectivity index (χ1n) is 8.28. The molecule has 1 aliphatic heterocycles. The fourth-order valence-electron chi connectivity index (χ4n) is 2.90. The minimum absolute atomic E-state index is 0.134. The fraction of sp³-hybridized carbons (Fsp3) is 0.812. The van der Waals surface area contributed by atoms with Gasteiger partial charge in [0.15, 0.2) is 5.82 Å². The molecular formula is C16H28N4O2. The number of likely N-dealkylation sites (tertiary alicyclic amines) is 1. The van der Waals surface area contributed by atoms with E-state index >= 15 is 0 Å². The van der Waals surface area contributed by atoms with E-state index < -0.39 is 0 Å². The van der Waals surface area contributed by atoms with Crippen LogP contribution >= 0.6 is 0 Å². The monoisotopic (exact) mass is 308 g/mol. The standard InChI is InChI=1S/C16H28N4O2/c1-5-20-10-6-8-16(4,11-20)15(21)17-9-7-13-18-14(12(2)3)19-22-13/h12H,5-11H2,1-4H3,(H,17,21). The SMILES string of the molecule is CCN1CCCC(C)(C(=O)NCCc2nc(C(C)C)no2)C1. The number of piperidine rings is 1. The van der Waals surface area contributed by atoms with Crippen LogP contribution in [0.3, 0.4) is 0 Å². The molecule has 1 aliphatic rings. The minimum Gasteiger partial charge on any atom is -0.355 e. The van der Waals surface area contributed by atoms with E-state index in [1.165, 1.54) is 0 Å². The van der Waals surface area contributed by atoms with E-state index in [1.54, 1.807) is 0 Å². The molecule has 1 N–H and O–H groups in total. The van der Waals surface area contributed by atoms with E-state index in [0.29, 0.717) is 18.9 Å². The Hall–Kier alpha value is -1.43. The lowest BCUT2D eigenvalue weighted by atomic mass is 9.81. The zero-order chi connectivity index (χ0) is 16.2. The van der Waals surface area contributed by atoms with Crippen LogP contribution in [0.2, 0.25) is 0 Å². The highest BCUT2D eigenvalue weighted by molar-refractivity contribution is 5.82.